The number of likely N-dealkylation sites (tertiary alicyclic amines) is 1. The number of benzene rings is 5. The third-order valence-electron chi connectivity index (χ3n) is 13.8. The van der Waals surface area contributed by atoms with Crippen LogP contribution in [0, 0.1) is 20.8 Å². The number of halogens is 3. The van der Waals surface area contributed by atoms with Gasteiger partial charge in [-0.15, -0.1) is 34.0 Å². The summed E-state index contributed by atoms with van der Waals surface area (Å²) in [5.41, 5.74) is 26.6. The van der Waals surface area contributed by atoms with E-state index in [1.807, 2.05) is 115 Å². The first-order valence-corrected chi connectivity index (χ1v) is 29.8. The summed E-state index contributed by atoms with van der Waals surface area (Å²) in [7, 11) is 0. The largest absolute Gasteiger partial charge is 0.416 e. The monoisotopic (exact) mass is 1210 g/mol. The summed E-state index contributed by atoms with van der Waals surface area (Å²) in [6, 6.07) is 39.0. The number of carbonyl (C=O) groups excluding carboxylic acids is 2. The van der Waals surface area contributed by atoms with Gasteiger partial charge in [-0.2, -0.15) is 13.2 Å². The molecule has 0 bridgehead atoms. The van der Waals surface area contributed by atoms with Gasteiger partial charge in [0.15, 0.2) is 15.4 Å². The quantitative estimate of drug-likeness (QED) is 0.0528. The lowest BCUT2D eigenvalue weighted by Gasteiger charge is -2.17. The summed E-state index contributed by atoms with van der Waals surface area (Å²) < 4.78 is 38.8. The number of nitrogens with two attached hydrogens (primary N) is 2. The standard InChI is InChI=1S/C27H27N5OS.C23H17F3N4OS.C15H14N4S/c1-18-6-8-20(14-24(18)30-27-31-25(17-34-27)21-5-4-10-29-15-21)23-13-19(7-9-22(23)26(28)33)16-32-11-2-3-12-32;1-14-7-8-18(28-21(31)15-4-2-6-17(10-15)23(24,25)26)11-19(14)29-22-30-20(13-32-22)16-5-3-9-27-12-16;1-10-4-5-12(16)7-13(10)18-15-19-14(9-20-15)11-3-2-6-17-8-11/h4-10,13-15,17H,2-3,11-12,16H2,1H3,(H2,28,33)(H,30,31);2-13H,1H3,(H,28,31)(H,29,30);2-9H,16H2,1H3,(H,18,19). The molecule has 1 aliphatic rings. The fourth-order valence-electron chi connectivity index (χ4n) is 9.19. The predicted molar refractivity (Wildman–Crippen MR) is 342 cm³/mol. The maximum Gasteiger partial charge on any atom is 0.416 e. The van der Waals surface area contributed by atoms with Crippen molar-refractivity contribution in [2.24, 2.45) is 5.73 Å². The van der Waals surface area contributed by atoms with E-state index < -0.39 is 23.6 Å². The first-order chi connectivity index (χ1) is 41.6. The van der Waals surface area contributed by atoms with Crippen LogP contribution >= 0.6 is 34.0 Å². The van der Waals surface area contributed by atoms with Crippen molar-refractivity contribution in [1.29, 1.82) is 0 Å². The summed E-state index contributed by atoms with van der Waals surface area (Å²) in [6.07, 6.45) is 8.54. The number of primary amides is 1. The van der Waals surface area contributed by atoms with E-state index in [1.165, 1.54) is 41.9 Å². The highest BCUT2D eigenvalue weighted by Crippen LogP contribution is 2.36. The molecule has 12 rings (SSSR count). The van der Waals surface area contributed by atoms with Crippen LogP contribution < -0.4 is 32.7 Å². The minimum Gasteiger partial charge on any atom is -0.399 e. The molecule has 434 valence electrons. The number of nitrogens with zero attached hydrogens (tertiary/aromatic N) is 7. The van der Waals surface area contributed by atoms with E-state index in [2.05, 4.69) is 76.2 Å². The fourth-order valence-corrected chi connectivity index (χ4v) is 11.4. The lowest BCUT2D eigenvalue weighted by molar-refractivity contribution is -0.137. The minimum atomic E-state index is -4.51. The number of thiazole rings is 3. The van der Waals surface area contributed by atoms with Crippen LogP contribution in [0.4, 0.5) is 57.0 Å². The number of aryl methyl sites for hydroxylation is 3. The Labute approximate surface area is 507 Å². The van der Waals surface area contributed by atoms with Gasteiger partial charge in [-0.05, 0) is 177 Å². The summed E-state index contributed by atoms with van der Waals surface area (Å²) in [4.78, 5) is 53.4. The van der Waals surface area contributed by atoms with Crippen molar-refractivity contribution in [2.75, 3.05) is 40.1 Å². The molecule has 1 aliphatic heterocycles. The van der Waals surface area contributed by atoms with E-state index in [0.29, 0.717) is 16.4 Å². The highest BCUT2D eigenvalue weighted by molar-refractivity contribution is 7.14. The maximum absolute atomic E-state index is 12.9. The van der Waals surface area contributed by atoms with Gasteiger partial charge in [0, 0.05) is 116 Å². The van der Waals surface area contributed by atoms with E-state index in [1.54, 1.807) is 65.7 Å². The lowest BCUT2D eigenvalue weighted by Crippen LogP contribution is -2.19. The number of nitrogens with one attached hydrogen (secondary N) is 4. The van der Waals surface area contributed by atoms with E-state index in [0.717, 1.165) is 126 Å². The molecule has 0 radical (unpaired) electrons. The second-order valence-electron chi connectivity index (χ2n) is 20.1. The van der Waals surface area contributed by atoms with Crippen molar-refractivity contribution in [1.82, 2.24) is 34.8 Å². The lowest BCUT2D eigenvalue weighted by atomic mass is 9.95. The van der Waals surface area contributed by atoms with Crippen molar-refractivity contribution in [2.45, 2.75) is 46.3 Å². The van der Waals surface area contributed by atoms with Crippen molar-refractivity contribution in [3.8, 4) is 44.9 Å². The molecule has 11 aromatic rings. The predicted octanol–water partition coefficient (Wildman–Crippen LogP) is 16.0. The second kappa shape index (κ2) is 27.4. The molecule has 0 atom stereocenters. The highest BCUT2D eigenvalue weighted by Gasteiger charge is 2.31. The molecule has 2 amide bonds. The third kappa shape index (κ3) is 15.5. The Hall–Kier alpha value is -9.67. The number of alkyl halides is 3. The zero-order chi connectivity index (χ0) is 60.2. The van der Waals surface area contributed by atoms with Crippen molar-refractivity contribution < 1.29 is 22.8 Å². The maximum atomic E-state index is 12.9. The molecule has 1 saturated heterocycles. The number of aromatic nitrogens is 6. The molecule has 0 saturated carbocycles. The zero-order valence-electron chi connectivity index (χ0n) is 46.9. The van der Waals surface area contributed by atoms with Gasteiger partial charge in [0.05, 0.1) is 22.6 Å². The van der Waals surface area contributed by atoms with Crippen LogP contribution in [-0.2, 0) is 12.7 Å². The highest BCUT2D eigenvalue weighted by atomic mass is 32.1. The molecule has 1 fully saturated rings. The van der Waals surface area contributed by atoms with Crippen LogP contribution in [-0.4, -0.2) is 59.7 Å². The SMILES string of the molecule is Cc1ccc(-c2cc(CN3CCCC3)ccc2C(N)=O)cc1Nc1nc(-c2cccnc2)cs1.Cc1ccc(N)cc1Nc1nc(-c2cccnc2)cs1.Cc1ccc(NC(=O)c2cccc(C(F)(F)F)c2)cc1Nc1nc(-c2cccnc2)cs1. The molecule has 8 N–H and O–H groups in total. The summed E-state index contributed by atoms with van der Waals surface area (Å²) in [5.74, 6) is -1.04. The Kier molecular flexibility index (Phi) is 18.9. The molecule has 21 heteroatoms. The minimum absolute atomic E-state index is 0.0732. The third-order valence-corrected chi connectivity index (χ3v) is 16.1. The smallest absolute Gasteiger partial charge is 0.399 e. The normalized spacial score (nSPS) is 12.1. The average molecular weight is 1210 g/mol. The molecule has 0 aliphatic carbocycles. The molecule has 0 spiro atoms. The van der Waals surface area contributed by atoms with Gasteiger partial charge in [0.1, 0.15) is 0 Å². The van der Waals surface area contributed by atoms with Crippen LogP contribution in [0.15, 0.2) is 187 Å². The van der Waals surface area contributed by atoms with Crippen LogP contribution in [0.25, 0.3) is 44.9 Å². The van der Waals surface area contributed by atoms with Crippen LogP contribution in [0.1, 0.15) is 61.4 Å². The van der Waals surface area contributed by atoms with E-state index in [4.69, 9.17) is 16.5 Å². The topological polar surface area (TPSA) is 215 Å². The van der Waals surface area contributed by atoms with E-state index in [9.17, 15) is 22.8 Å². The van der Waals surface area contributed by atoms with Gasteiger partial charge in [-0.1, -0.05) is 36.4 Å². The van der Waals surface area contributed by atoms with E-state index >= 15 is 0 Å². The van der Waals surface area contributed by atoms with Gasteiger partial charge in [0.2, 0.25) is 5.91 Å². The van der Waals surface area contributed by atoms with Crippen LogP contribution in [0.3, 0.4) is 0 Å². The molecule has 5 aromatic carbocycles. The summed E-state index contributed by atoms with van der Waals surface area (Å²) >= 11 is 4.54. The number of hydrogen-bond donors (Lipinski definition) is 6. The molecular weight excluding hydrogens is 1150 g/mol. The number of carbonyl (C=O) groups is 2. The number of pyridine rings is 3. The Morgan fingerprint density at radius 1 is 0.570 bits per heavy atom. The first kappa shape index (κ1) is 59.5. The number of anilines is 8. The first-order valence-electron chi connectivity index (χ1n) is 27.2. The van der Waals surface area contributed by atoms with Crippen molar-refractivity contribution >= 4 is 89.7 Å². The molecular formula is C65H58F3N13O2S3. The van der Waals surface area contributed by atoms with Gasteiger partial charge < -0.3 is 32.7 Å². The van der Waals surface area contributed by atoms with Gasteiger partial charge in [-0.25, -0.2) is 15.0 Å². The van der Waals surface area contributed by atoms with Gasteiger partial charge in [-0.3, -0.25) is 29.4 Å². The summed E-state index contributed by atoms with van der Waals surface area (Å²) in [6.45, 7) is 9.13. The Morgan fingerprint density at radius 3 is 1.59 bits per heavy atom. The Balaban J connectivity index is 0.000000148. The molecule has 15 nitrogen and oxygen atoms in total. The number of amides is 2. The van der Waals surface area contributed by atoms with Crippen LogP contribution in [0.5, 0.6) is 0 Å². The van der Waals surface area contributed by atoms with Gasteiger partial charge >= 0.3 is 6.18 Å². The van der Waals surface area contributed by atoms with Gasteiger partial charge in [0.25, 0.3) is 5.91 Å². The summed E-state index contributed by atoms with van der Waals surface area (Å²) in [5, 5.41) is 20.9. The van der Waals surface area contributed by atoms with Crippen molar-refractivity contribution in [3.05, 3.63) is 226 Å². The fraction of sp³-hybridized carbons (Fsp3) is 0.138. The number of nitrogen functional groups attached to an aromatic ring is 1. The van der Waals surface area contributed by atoms with E-state index in [-0.39, 0.29) is 5.56 Å². The molecule has 7 heterocycles. The number of rotatable bonds is 15. The Bertz CT molecular complexity index is 4120. The molecule has 86 heavy (non-hydrogen) atoms. The molecule has 6 aromatic heterocycles. The molecule has 0 unspecified atom stereocenters. The Morgan fingerprint density at radius 2 is 1.08 bits per heavy atom. The zero-order valence-corrected chi connectivity index (χ0v) is 49.3. The number of hydrogen-bond acceptors (Lipinski definition) is 16. The average Bonchev–Trinajstić information content (AvgIpc) is 3.83. The van der Waals surface area contributed by atoms with Crippen LogP contribution in [0.2, 0.25) is 0 Å². The van der Waals surface area contributed by atoms with Crippen molar-refractivity contribution in [3.63, 3.8) is 0 Å². The second-order valence-corrected chi connectivity index (χ2v) is 22.7.